The SMILES string of the molecule is Cc1cccc2c1N(C)C[C@@H]1CNC[C@H]21. The Bertz CT molecular complexity index is 386. The fourth-order valence-electron chi connectivity index (χ4n) is 3.23. The zero-order chi connectivity index (χ0) is 10.4. The Kier molecular flexibility index (Phi) is 1.99. The summed E-state index contributed by atoms with van der Waals surface area (Å²) in [5.41, 5.74) is 4.45. The summed E-state index contributed by atoms with van der Waals surface area (Å²) in [4.78, 5) is 2.43. The fourth-order valence-corrected chi connectivity index (χ4v) is 3.23. The lowest BCUT2D eigenvalue weighted by atomic mass is 9.83. The van der Waals surface area contributed by atoms with Crippen LogP contribution in [0.1, 0.15) is 17.0 Å². The number of hydrogen-bond acceptors (Lipinski definition) is 2. The lowest BCUT2D eigenvalue weighted by Gasteiger charge is -2.36. The lowest BCUT2D eigenvalue weighted by Crippen LogP contribution is -2.35. The normalized spacial score (nSPS) is 28.8. The van der Waals surface area contributed by atoms with Gasteiger partial charge in [-0.3, -0.25) is 0 Å². The minimum absolute atomic E-state index is 0.746. The van der Waals surface area contributed by atoms with Crippen molar-refractivity contribution in [1.29, 1.82) is 0 Å². The van der Waals surface area contributed by atoms with E-state index >= 15 is 0 Å². The molecule has 0 spiro atoms. The van der Waals surface area contributed by atoms with Gasteiger partial charge < -0.3 is 10.2 Å². The predicted molar refractivity (Wildman–Crippen MR) is 63.5 cm³/mol. The number of nitrogens with zero attached hydrogens (tertiary/aromatic N) is 1. The molecule has 2 heterocycles. The predicted octanol–water partition coefficient (Wildman–Crippen LogP) is 1.75. The highest BCUT2D eigenvalue weighted by Crippen LogP contribution is 2.41. The van der Waals surface area contributed by atoms with Gasteiger partial charge in [0.25, 0.3) is 0 Å². The Morgan fingerprint density at radius 1 is 1.33 bits per heavy atom. The molecule has 1 N–H and O–H groups in total. The monoisotopic (exact) mass is 202 g/mol. The van der Waals surface area contributed by atoms with E-state index in [9.17, 15) is 0 Å². The fraction of sp³-hybridized carbons (Fsp3) is 0.538. The Morgan fingerprint density at radius 3 is 3.07 bits per heavy atom. The van der Waals surface area contributed by atoms with Crippen LogP contribution in [0.3, 0.4) is 0 Å². The van der Waals surface area contributed by atoms with Gasteiger partial charge in [-0.25, -0.2) is 0 Å². The summed E-state index contributed by atoms with van der Waals surface area (Å²) in [6, 6.07) is 6.73. The number of anilines is 1. The molecule has 15 heavy (non-hydrogen) atoms. The third kappa shape index (κ3) is 1.28. The van der Waals surface area contributed by atoms with Gasteiger partial charge in [0.2, 0.25) is 0 Å². The van der Waals surface area contributed by atoms with Crippen molar-refractivity contribution in [2.24, 2.45) is 5.92 Å². The first-order valence-electron chi connectivity index (χ1n) is 5.78. The molecular weight excluding hydrogens is 184 g/mol. The second-order valence-electron chi connectivity index (χ2n) is 4.92. The highest BCUT2D eigenvalue weighted by Gasteiger charge is 2.35. The van der Waals surface area contributed by atoms with Crippen LogP contribution in [0.4, 0.5) is 5.69 Å². The van der Waals surface area contributed by atoms with Gasteiger partial charge >= 0.3 is 0 Å². The maximum Gasteiger partial charge on any atom is 0.0429 e. The van der Waals surface area contributed by atoms with E-state index in [4.69, 9.17) is 0 Å². The molecule has 1 fully saturated rings. The van der Waals surface area contributed by atoms with Crippen molar-refractivity contribution >= 4 is 5.69 Å². The van der Waals surface area contributed by atoms with Gasteiger partial charge in [-0.15, -0.1) is 0 Å². The molecule has 1 saturated heterocycles. The zero-order valence-corrected chi connectivity index (χ0v) is 9.46. The first-order chi connectivity index (χ1) is 7.27. The minimum Gasteiger partial charge on any atom is -0.374 e. The summed E-state index contributed by atoms with van der Waals surface area (Å²) in [6.45, 7) is 5.77. The Labute approximate surface area is 91.3 Å². The molecule has 0 saturated carbocycles. The second kappa shape index (κ2) is 3.24. The van der Waals surface area contributed by atoms with Crippen LogP contribution in [0, 0.1) is 12.8 Å². The zero-order valence-electron chi connectivity index (χ0n) is 9.46. The number of aryl methyl sites for hydroxylation is 1. The molecule has 80 valence electrons. The number of nitrogens with one attached hydrogen (secondary N) is 1. The third-order valence-corrected chi connectivity index (χ3v) is 3.90. The molecule has 2 aliphatic rings. The van der Waals surface area contributed by atoms with Crippen molar-refractivity contribution in [1.82, 2.24) is 5.32 Å². The van der Waals surface area contributed by atoms with Crippen LogP contribution < -0.4 is 10.2 Å². The Hall–Kier alpha value is -1.02. The van der Waals surface area contributed by atoms with Gasteiger partial charge in [0.15, 0.2) is 0 Å². The van der Waals surface area contributed by atoms with Crippen LogP contribution in [0.2, 0.25) is 0 Å². The molecule has 0 bridgehead atoms. The Balaban J connectivity index is 2.14. The summed E-state index contributed by atoms with van der Waals surface area (Å²) >= 11 is 0. The van der Waals surface area contributed by atoms with E-state index in [1.165, 1.54) is 24.3 Å². The van der Waals surface area contributed by atoms with E-state index in [1.807, 2.05) is 0 Å². The summed E-state index contributed by atoms with van der Waals surface area (Å²) in [5.74, 6) is 1.56. The number of para-hydroxylation sites is 1. The quantitative estimate of drug-likeness (QED) is 0.689. The van der Waals surface area contributed by atoms with Crippen LogP contribution in [0.15, 0.2) is 18.2 Å². The van der Waals surface area contributed by atoms with Crippen molar-refractivity contribution in [3.8, 4) is 0 Å². The minimum atomic E-state index is 0.746. The van der Waals surface area contributed by atoms with E-state index in [1.54, 1.807) is 5.56 Å². The number of fused-ring (bicyclic) bond motifs is 3. The van der Waals surface area contributed by atoms with Gasteiger partial charge in [0.1, 0.15) is 0 Å². The topological polar surface area (TPSA) is 15.3 Å². The summed E-state index contributed by atoms with van der Waals surface area (Å²) in [7, 11) is 2.22. The largest absolute Gasteiger partial charge is 0.374 e. The third-order valence-electron chi connectivity index (χ3n) is 3.90. The molecule has 2 heteroatoms. The molecule has 2 aliphatic heterocycles. The summed E-state index contributed by atoms with van der Waals surface area (Å²) in [5, 5.41) is 3.52. The van der Waals surface area contributed by atoms with Gasteiger partial charge in [0, 0.05) is 38.3 Å². The number of rotatable bonds is 0. The Morgan fingerprint density at radius 2 is 2.20 bits per heavy atom. The highest BCUT2D eigenvalue weighted by molar-refractivity contribution is 5.62. The molecule has 0 unspecified atom stereocenters. The van der Waals surface area contributed by atoms with Crippen molar-refractivity contribution < 1.29 is 0 Å². The van der Waals surface area contributed by atoms with Crippen molar-refractivity contribution in [2.75, 3.05) is 31.6 Å². The molecule has 2 nitrogen and oxygen atoms in total. The van der Waals surface area contributed by atoms with Crippen LogP contribution >= 0.6 is 0 Å². The van der Waals surface area contributed by atoms with E-state index in [2.05, 4.69) is 42.4 Å². The smallest absolute Gasteiger partial charge is 0.0429 e. The molecule has 1 aromatic carbocycles. The average molecular weight is 202 g/mol. The summed E-state index contributed by atoms with van der Waals surface area (Å²) in [6.07, 6.45) is 0. The molecular formula is C13H18N2. The molecule has 2 atom stereocenters. The molecule has 0 radical (unpaired) electrons. The molecule has 0 amide bonds. The van der Waals surface area contributed by atoms with E-state index in [0.717, 1.165) is 18.4 Å². The van der Waals surface area contributed by atoms with Crippen LogP contribution in [0.5, 0.6) is 0 Å². The molecule has 0 aliphatic carbocycles. The van der Waals surface area contributed by atoms with Gasteiger partial charge in [-0.1, -0.05) is 18.2 Å². The van der Waals surface area contributed by atoms with Crippen molar-refractivity contribution in [2.45, 2.75) is 12.8 Å². The van der Waals surface area contributed by atoms with Crippen molar-refractivity contribution in [3.63, 3.8) is 0 Å². The van der Waals surface area contributed by atoms with Crippen LogP contribution in [-0.2, 0) is 0 Å². The number of hydrogen-bond donors (Lipinski definition) is 1. The van der Waals surface area contributed by atoms with E-state index < -0.39 is 0 Å². The molecule has 0 aromatic heterocycles. The number of benzene rings is 1. The first kappa shape index (κ1) is 9.22. The highest BCUT2D eigenvalue weighted by atomic mass is 15.1. The maximum atomic E-state index is 3.52. The van der Waals surface area contributed by atoms with Crippen LogP contribution in [-0.4, -0.2) is 26.7 Å². The van der Waals surface area contributed by atoms with Gasteiger partial charge in [0.05, 0.1) is 0 Å². The van der Waals surface area contributed by atoms with E-state index in [0.29, 0.717) is 0 Å². The first-order valence-corrected chi connectivity index (χ1v) is 5.78. The molecule has 1 aromatic rings. The van der Waals surface area contributed by atoms with E-state index in [-0.39, 0.29) is 0 Å². The van der Waals surface area contributed by atoms with Gasteiger partial charge in [-0.05, 0) is 24.0 Å². The average Bonchev–Trinajstić information content (AvgIpc) is 2.65. The standard InChI is InChI=1S/C13H18N2/c1-9-4-3-5-11-12-7-14-6-10(12)8-15(2)13(9)11/h3-5,10,12,14H,6-8H2,1-2H3/t10-,12-/m0/s1. The molecule has 3 rings (SSSR count). The maximum absolute atomic E-state index is 3.52. The second-order valence-corrected chi connectivity index (χ2v) is 4.92. The van der Waals surface area contributed by atoms with Crippen LogP contribution in [0.25, 0.3) is 0 Å². The lowest BCUT2D eigenvalue weighted by molar-refractivity contribution is 0.495. The van der Waals surface area contributed by atoms with Crippen molar-refractivity contribution in [3.05, 3.63) is 29.3 Å². The van der Waals surface area contributed by atoms with Gasteiger partial charge in [-0.2, -0.15) is 0 Å². The summed E-state index contributed by atoms with van der Waals surface area (Å²) < 4.78 is 0.